The minimum atomic E-state index is -0.643. The van der Waals surface area contributed by atoms with Crippen LogP contribution in [0.3, 0.4) is 0 Å². The quantitative estimate of drug-likeness (QED) is 0.239. The maximum absolute atomic E-state index is 13.5. The number of benzene rings is 2. The highest BCUT2D eigenvalue weighted by atomic mass is 32.2. The Hall–Kier alpha value is -3.80. The number of nitrogens with one attached hydrogen (secondary N) is 2. The molecule has 196 valence electrons. The predicted molar refractivity (Wildman–Crippen MR) is 155 cm³/mol. The number of H-pyrrole nitrogens is 1. The van der Waals surface area contributed by atoms with E-state index in [0.717, 1.165) is 21.6 Å². The fourth-order valence-corrected chi connectivity index (χ4v) is 7.05. The van der Waals surface area contributed by atoms with Crippen LogP contribution in [0.1, 0.15) is 27.9 Å². The van der Waals surface area contributed by atoms with Crippen LogP contribution in [0, 0.1) is 0 Å². The molecule has 2 aromatic heterocycles. The Kier molecular flexibility index (Phi) is 7.27. The number of hydrogen-bond acceptors (Lipinski definition) is 8. The zero-order valence-corrected chi connectivity index (χ0v) is 23.0. The van der Waals surface area contributed by atoms with Crippen LogP contribution in [-0.4, -0.2) is 54.1 Å². The largest absolute Gasteiger partial charge is 0.469 e. The second-order valence-corrected chi connectivity index (χ2v) is 11.5. The van der Waals surface area contributed by atoms with E-state index in [0.29, 0.717) is 17.3 Å². The summed E-state index contributed by atoms with van der Waals surface area (Å²) in [4.78, 5) is 33.1. The topological polar surface area (TPSA) is 100 Å². The Balaban J connectivity index is 1.29. The first-order chi connectivity index (χ1) is 19.1. The van der Waals surface area contributed by atoms with Crippen molar-refractivity contribution < 1.29 is 14.3 Å². The van der Waals surface area contributed by atoms with Gasteiger partial charge in [0.2, 0.25) is 11.0 Å². The molecule has 2 amide bonds. The Morgan fingerprint density at radius 1 is 1.10 bits per heavy atom. The monoisotopic (exact) mass is 573 g/mol. The van der Waals surface area contributed by atoms with Gasteiger partial charge in [0.25, 0.3) is 5.91 Å². The molecule has 2 aliphatic rings. The maximum atomic E-state index is 13.5. The molecule has 39 heavy (non-hydrogen) atoms. The first kappa shape index (κ1) is 25.5. The van der Waals surface area contributed by atoms with Crippen LogP contribution in [-0.2, 0) is 20.7 Å². The van der Waals surface area contributed by atoms with Crippen molar-refractivity contribution in [1.29, 1.82) is 0 Å². The lowest BCUT2D eigenvalue weighted by Crippen LogP contribution is -2.70. The molecule has 2 aliphatic heterocycles. The summed E-state index contributed by atoms with van der Waals surface area (Å²) in [5.41, 5.74) is 3.08. The average molecular weight is 574 g/mol. The number of amides is 2. The summed E-state index contributed by atoms with van der Waals surface area (Å²) in [5.74, 6) is 0.618. The zero-order valence-electron chi connectivity index (χ0n) is 20.5. The second kappa shape index (κ2) is 11.1. The first-order valence-corrected chi connectivity index (χ1v) is 14.6. The van der Waals surface area contributed by atoms with Crippen molar-refractivity contribution in [2.45, 2.75) is 23.9 Å². The summed E-state index contributed by atoms with van der Waals surface area (Å²) in [6, 6.07) is 22.8. The van der Waals surface area contributed by atoms with E-state index in [1.165, 1.54) is 17.7 Å². The molecule has 0 bridgehead atoms. The van der Waals surface area contributed by atoms with Crippen LogP contribution in [0.15, 0.2) is 90.2 Å². The lowest BCUT2D eigenvalue weighted by molar-refractivity contribution is -0.145. The molecule has 2 atom stereocenters. The molecule has 8 nitrogen and oxygen atoms in total. The molecule has 6 rings (SSSR count). The van der Waals surface area contributed by atoms with Crippen molar-refractivity contribution in [3.8, 4) is 0 Å². The number of hydrogen-bond donors (Lipinski definition) is 2. The molecule has 4 aromatic rings. The molecular formula is C28H23N5O3S3. The number of β-lactam (4-membered cyclic amide) rings is 1. The van der Waals surface area contributed by atoms with Gasteiger partial charge in [0, 0.05) is 16.2 Å². The molecule has 11 heteroatoms. The molecule has 0 saturated carbocycles. The van der Waals surface area contributed by atoms with Gasteiger partial charge in [-0.2, -0.15) is 5.10 Å². The van der Waals surface area contributed by atoms with E-state index in [-0.39, 0.29) is 28.7 Å². The number of thiophene rings is 1. The van der Waals surface area contributed by atoms with Crippen LogP contribution < -0.4 is 5.32 Å². The second-order valence-electron chi connectivity index (χ2n) is 8.98. The fraction of sp³-hybridized carbons (Fsp3) is 0.179. The van der Waals surface area contributed by atoms with E-state index >= 15 is 0 Å². The number of carbonyl (C=O) groups is 2. The first-order valence-electron chi connectivity index (χ1n) is 12.3. The third-order valence-electron chi connectivity index (χ3n) is 6.52. The van der Waals surface area contributed by atoms with Crippen molar-refractivity contribution in [3.05, 3.63) is 112 Å². The van der Waals surface area contributed by atoms with E-state index < -0.39 is 12.1 Å². The Morgan fingerprint density at radius 2 is 1.82 bits per heavy atom. The molecule has 0 unspecified atom stereocenters. The molecule has 1 saturated heterocycles. The van der Waals surface area contributed by atoms with Gasteiger partial charge in [-0.25, -0.2) is 4.98 Å². The van der Waals surface area contributed by atoms with Crippen LogP contribution >= 0.6 is 35.3 Å². The lowest BCUT2D eigenvalue weighted by Gasteiger charge is -2.50. The van der Waals surface area contributed by atoms with Gasteiger partial charge >= 0.3 is 0 Å². The molecule has 1 fully saturated rings. The van der Waals surface area contributed by atoms with Crippen LogP contribution in [0.4, 0.5) is 0 Å². The number of nitrogens with zero attached hydrogens (tertiary/aromatic N) is 3. The summed E-state index contributed by atoms with van der Waals surface area (Å²) >= 11 is 8.95. The predicted octanol–water partition coefficient (Wildman–Crippen LogP) is 4.35. The minimum absolute atomic E-state index is 0.182. The van der Waals surface area contributed by atoms with Crippen LogP contribution in [0.25, 0.3) is 5.57 Å². The summed E-state index contributed by atoms with van der Waals surface area (Å²) in [5, 5.41) is 11.6. The third-order valence-corrected chi connectivity index (χ3v) is 8.97. The number of aromatic amines is 1. The molecule has 0 aliphatic carbocycles. The Labute approximate surface area is 238 Å². The van der Waals surface area contributed by atoms with Gasteiger partial charge in [0.15, 0.2) is 5.82 Å². The van der Waals surface area contributed by atoms with Gasteiger partial charge in [-0.15, -0.1) is 23.1 Å². The number of fused-ring (bicyclic) bond motifs is 1. The standard InChI is InChI=1S/C28H23N5O3S3/c34-21(14-19-12-7-13-38-19)31-22-26(35)33-23(20(15-39-27(22)33)25-29-16-30-32-25)28(37)36-24(17-8-3-1-4-9-17)18-10-5-2-6-11-18/h1-13,16,22,24,27H,14-15H2,(H,31,34)(H,29,30,32)/t22-,27-/m1/s1. The number of thioether (sulfide) groups is 1. The van der Waals surface area contributed by atoms with E-state index in [2.05, 4.69) is 20.5 Å². The number of thiocarbonyl (C=S) groups is 1. The molecule has 2 N–H and O–H groups in total. The number of ether oxygens (including phenoxy) is 1. The third kappa shape index (κ3) is 5.12. The van der Waals surface area contributed by atoms with E-state index in [1.54, 1.807) is 16.7 Å². The number of carbonyl (C=O) groups excluding carboxylic acids is 2. The fourth-order valence-electron chi connectivity index (χ4n) is 4.68. The normalized spacial score (nSPS) is 18.5. The van der Waals surface area contributed by atoms with Crippen molar-refractivity contribution in [2.24, 2.45) is 0 Å². The van der Waals surface area contributed by atoms with E-state index in [4.69, 9.17) is 17.0 Å². The summed E-state index contributed by atoms with van der Waals surface area (Å²) in [7, 11) is 0. The Morgan fingerprint density at radius 3 is 2.44 bits per heavy atom. The minimum Gasteiger partial charge on any atom is -0.469 e. The zero-order chi connectivity index (χ0) is 26.8. The van der Waals surface area contributed by atoms with Crippen molar-refractivity contribution in [3.63, 3.8) is 0 Å². The SMILES string of the molecule is O=C(Cc1cccs1)N[C@@H]1C(=O)N2C(C(=S)OC(c3ccccc3)c3ccccc3)=C(c3ncn[nH]3)CS[C@H]12. The smallest absolute Gasteiger partial charge is 0.253 e. The number of aromatic nitrogens is 3. The molecule has 0 spiro atoms. The van der Waals surface area contributed by atoms with Gasteiger partial charge in [-0.3, -0.25) is 19.6 Å². The van der Waals surface area contributed by atoms with E-state index in [1.807, 2.05) is 78.2 Å². The van der Waals surface area contributed by atoms with Gasteiger partial charge in [0.1, 0.15) is 29.5 Å². The van der Waals surface area contributed by atoms with Crippen LogP contribution in [0.5, 0.6) is 0 Å². The Bertz CT molecular complexity index is 1470. The van der Waals surface area contributed by atoms with Crippen LogP contribution in [0.2, 0.25) is 0 Å². The van der Waals surface area contributed by atoms with Gasteiger partial charge in [-0.05, 0) is 34.8 Å². The maximum Gasteiger partial charge on any atom is 0.253 e. The average Bonchev–Trinajstić information content (AvgIpc) is 3.70. The highest BCUT2D eigenvalue weighted by molar-refractivity contribution is 8.00. The molecule has 0 radical (unpaired) electrons. The highest BCUT2D eigenvalue weighted by Gasteiger charge is 2.54. The molecule has 4 heterocycles. The van der Waals surface area contributed by atoms with Crippen molar-refractivity contribution in [2.75, 3.05) is 5.75 Å². The molecule has 2 aromatic carbocycles. The lowest BCUT2D eigenvalue weighted by atomic mass is 10.0. The summed E-state index contributed by atoms with van der Waals surface area (Å²) in [6.45, 7) is 0. The summed E-state index contributed by atoms with van der Waals surface area (Å²) in [6.07, 6.45) is 1.18. The van der Waals surface area contributed by atoms with Gasteiger partial charge in [-0.1, -0.05) is 66.7 Å². The molecular weight excluding hydrogens is 551 g/mol. The summed E-state index contributed by atoms with van der Waals surface area (Å²) < 4.78 is 6.50. The van der Waals surface area contributed by atoms with Gasteiger partial charge in [0.05, 0.1) is 6.42 Å². The van der Waals surface area contributed by atoms with E-state index in [9.17, 15) is 9.59 Å². The van der Waals surface area contributed by atoms with Crippen molar-refractivity contribution in [1.82, 2.24) is 25.4 Å². The van der Waals surface area contributed by atoms with Crippen molar-refractivity contribution >= 4 is 57.8 Å². The number of rotatable bonds is 8. The highest BCUT2D eigenvalue weighted by Crippen LogP contribution is 2.44. The van der Waals surface area contributed by atoms with Gasteiger partial charge < -0.3 is 10.1 Å².